The summed E-state index contributed by atoms with van der Waals surface area (Å²) in [7, 11) is 3.30. The van der Waals surface area contributed by atoms with Crippen LogP contribution in [0.15, 0.2) is 0 Å². The van der Waals surface area contributed by atoms with Crippen LogP contribution in [-0.2, 0) is 4.74 Å². The van der Waals surface area contributed by atoms with E-state index in [-0.39, 0.29) is 6.23 Å². The molecule has 2 N–H and O–H groups in total. The molecular formula is C5H12NOSi. The molecule has 47 valence electrons. The first-order valence-corrected chi connectivity index (χ1v) is 3.53. The maximum atomic E-state index is 5.44. The summed E-state index contributed by atoms with van der Waals surface area (Å²) >= 11 is 0. The van der Waals surface area contributed by atoms with Crippen molar-refractivity contribution in [3.8, 4) is 0 Å². The molecular weight excluding hydrogens is 118 g/mol. The number of hydrogen-bond donors (Lipinski definition) is 1. The molecule has 3 heteroatoms. The van der Waals surface area contributed by atoms with Crippen molar-refractivity contribution in [2.24, 2.45) is 5.73 Å². The lowest BCUT2D eigenvalue weighted by Crippen LogP contribution is -2.23. The lowest BCUT2D eigenvalue weighted by molar-refractivity contribution is 0.0653. The van der Waals surface area contributed by atoms with E-state index in [1.165, 1.54) is 0 Å². The zero-order valence-electron chi connectivity index (χ0n) is 5.18. The van der Waals surface area contributed by atoms with Crippen molar-refractivity contribution >= 4 is 10.2 Å². The first kappa shape index (κ1) is 8.14. The first-order chi connectivity index (χ1) is 3.81. The molecule has 0 heterocycles. The number of nitrogens with two attached hydrogens (primary N) is 1. The molecule has 0 aromatic heterocycles. The molecule has 0 bridgehead atoms. The molecule has 0 saturated carbocycles. The van der Waals surface area contributed by atoms with Gasteiger partial charge in [-0.2, -0.15) is 0 Å². The summed E-state index contributed by atoms with van der Waals surface area (Å²) in [5, 5.41) is 0. The number of ether oxygens (including phenoxy) is 1. The summed E-state index contributed by atoms with van der Waals surface area (Å²) in [5.41, 5.74) is 5.44. The van der Waals surface area contributed by atoms with Crippen molar-refractivity contribution in [2.75, 3.05) is 6.61 Å². The third-order valence-electron chi connectivity index (χ3n) is 0.810. The molecule has 0 aromatic carbocycles. The van der Waals surface area contributed by atoms with Crippen molar-refractivity contribution < 1.29 is 4.74 Å². The van der Waals surface area contributed by atoms with Crippen molar-refractivity contribution in [1.82, 2.24) is 0 Å². The summed E-state index contributed by atoms with van der Waals surface area (Å²) in [6.45, 7) is 2.64. The molecule has 0 aliphatic carbocycles. The van der Waals surface area contributed by atoms with E-state index in [4.69, 9.17) is 10.5 Å². The van der Waals surface area contributed by atoms with Crippen molar-refractivity contribution in [3.63, 3.8) is 0 Å². The lowest BCUT2D eigenvalue weighted by atomic mass is 10.4. The van der Waals surface area contributed by atoms with Crippen LogP contribution >= 0.6 is 0 Å². The molecule has 0 aliphatic heterocycles. The highest BCUT2D eigenvalue weighted by Gasteiger charge is 1.95. The second kappa shape index (κ2) is 5.28. The Bertz CT molecular complexity index is 45.7. The van der Waals surface area contributed by atoms with Gasteiger partial charge in [0.05, 0.1) is 0 Å². The highest BCUT2D eigenvalue weighted by Crippen LogP contribution is 1.92. The van der Waals surface area contributed by atoms with Gasteiger partial charge in [-0.3, -0.25) is 0 Å². The van der Waals surface area contributed by atoms with Crippen LogP contribution in [0.3, 0.4) is 0 Å². The van der Waals surface area contributed by atoms with Crippen molar-refractivity contribution in [2.45, 2.75) is 25.6 Å². The Hall–Kier alpha value is 0.137. The standard InChI is InChI=1S/C5H12NOSi/c1-2-7-5(6)3-4-8/h5H,2-4,6H2,1H3. The Morgan fingerprint density at radius 3 is 2.75 bits per heavy atom. The van der Waals surface area contributed by atoms with Crippen molar-refractivity contribution in [3.05, 3.63) is 0 Å². The Kier molecular flexibility index (Phi) is 5.37. The van der Waals surface area contributed by atoms with E-state index in [2.05, 4.69) is 10.2 Å². The molecule has 0 amide bonds. The van der Waals surface area contributed by atoms with Gasteiger partial charge in [0.1, 0.15) is 6.23 Å². The van der Waals surface area contributed by atoms with E-state index >= 15 is 0 Å². The van der Waals surface area contributed by atoms with Crippen LogP contribution < -0.4 is 5.73 Å². The van der Waals surface area contributed by atoms with Gasteiger partial charge in [-0.25, -0.2) is 0 Å². The van der Waals surface area contributed by atoms with E-state index in [1.807, 2.05) is 6.92 Å². The predicted octanol–water partition coefficient (Wildman–Crippen LogP) is 0.285. The van der Waals surface area contributed by atoms with Crippen LogP contribution in [0, 0.1) is 0 Å². The monoisotopic (exact) mass is 130 g/mol. The van der Waals surface area contributed by atoms with Gasteiger partial charge in [0.2, 0.25) is 0 Å². The van der Waals surface area contributed by atoms with Crippen molar-refractivity contribution in [1.29, 1.82) is 0 Å². The molecule has 3 radical (unpaired) electrons. The third-order valence-corrected chi connectivity index (χ3v) is 1.10. The average molecular weight is 130 g/mol. The quantitative estimate of drug-likeness (QED) is 0.438. The zero-order valence-corrected chi connectivity index (χ0v) is 6.18. The Morgan fingerprint density at radius 2 is 2.38 bits per heavy atom. The summed E-state index contributed by atoms with van der Waals surface area (Å²) in [4.78, 5) is 0. The smallest absolute Gasteiger partial charge is 0.105 e. The van der Waals surface area contributed by atoms with Gasteiger partial charge in [0.25, 0.3) is 0 Å². The largest absolute Gasteiger partial charge is 0.364 e. The molecule has 0 saturated heterocycles. The van der Waals surface area contributed by atoms with Crippen LogP contribution in [0.4, 0.5) is 0 Å². The molecule has 0 fully saturated rings. The fraction of sp³-hybridized carbons (Fsp3) is 1.00. The minimum Gasteiger partial charge on any atom is -0.364 e. The summed E-state index contributed by atoms with van der Waals surface area (Å²) in [6.07, 6.45) is 0.794. The van der Waals surface area contributed by atoms with Gasteiger partial charge in [0.15, 0.2) is 0 Å². The second-order valence-corrected chi connectivity index (χ2v) is 2.03. The predicted molar refractivity (Wildman–Crippen MR) is 34.8 cm³/mol. The fourth-order valence-corrected chi connectivity index (χ4v) is 0.724. The normalized spacial score (nSPS) is 13.9. The molecule has 0 aliphatic rings. The van der Waals surface area contributed by atoms with Crippen LogP contribution in [0.5, 0.6) is 0 Å². The van der Waals surface area contributed by atoms with Gasteiger partial charge < -0.3 is 10.5 Å². The molecule has 0 aromatic rings. The summed E-state index contributed by atoms with van der Waals surface area (Å²) < 4.78 is 5.03. The molecule has 2 nitrogen and oxygen atoms in total. The van der Waals surface area contributed by atoms with E-state index in [9.17, 15) is 0 Å². The Morgan fingerprint density at radius 1 is 1.75 bits per heavy atom. The fourth-order valence-electron chi connectivity index (χ4n) is 0.440. The van der Waals surface area contributed by atoms with E-state index in [0.29, 0.717) is 6.61 Å². The topological polar surface area (TPSA) is 35.2 Å². The van der Waals surface area contributed by atoms with Gasteiger partial charge in [-0.05, 0) is 13.3 Å². The van der Waals surface area contributed by atoms with Gasteiger partial charge in [-0.15, -0.1) is 0 Å². The Labute approximate surface area is 53.8 Å². The minimum absolute atomic E-state index is 0.0856. The maximum Gasteiger partial charge on any atom is 0.105 e. The summed E-state index contributed by atoms with van der Waals surface area (Å²) in [6, 6.07) is 0.904. The lowest BCUT2D eigenvalue weighted by Gasteiger charge is -2.08. The van der Waals surface area contributed by atoms with E-state index < -0.39 is 0 Å². The van der Waals surface area contributed by atoms with E-state index in [0.717, 1.165) is 12.5 Å². The van der Waals surface area contributed by atoms with E-state index in [1.54, 1.807) is 0 Å². The van der Waals surface area contributed by atoms with Gasteiger partial charge in [-0.1, -0.05) is 6.04 Å². The maximum absolute atomic E-state index is 5.44. The molecule has 1 atom stereocenters. The first-order valence-electron chi connectivity index (χ1n) is 2.83. The molecule has 0 spiro atoms. The third kappa shape index (κ3) is 4.30. The van der Waals surface area contributed by atoms with Gasteiger partial charge in [0, 0.05) is 16.8 Å². The summed E-state index contributed by atoms with van der Waals surface area (Å²) in [5.74, 6) is 0. The zero-order chi connectivity index (χ0) is 6.41. The van der Waals surface area contributed by atoms with Crippen LogP contribution in [-0.4, -0.2) is 23.1 Å². The van der Waals surface area contributed by atoms with Gasteiger partial charge >= 0.3 is 0 Å². The molecule has 1 unspecified atom stereocenters. The molecule has 0 rings (SSSR count). The highest BCUT2D eigenvalue weighted by atomic mass is 28.1. The van der Waals surface area contributed by atoms with Crippen LogP contribution in [0.2, 0.25) is 6.04 Å². The number of rotatable bonds is 4. The Balaban J connectivity index is 2.92. The minimum atomic E-state index is -0.0856. The van der Waals surface area contributed by atoms with Crippen LogP contribution in [0.1, 0.15) is 13.3 Å². The SMILES string of the molecule is CCOC(N)CC[Si]. The number of hydrogen-bond acceptors (Lipinski definition) is 2. The second-order valence-electron chi connectivity index (χ2n) is 1.53. The average Bonchev–Trinajstić information content (AvgIpc) is 1.68. The van der Waals surface area contributed by atoms with Crippen LogP contribution in [0.25, 0.3) is 0 Å². The highest BCUT2D eigenvalue weighted by molar-refractivity contribution is 6.08. The molecule has 8 heavy (non-hydrogen) atoms.